The van der Waals surface area contributed by atoms with Gasteiger partial charge in [0, 0.05) is 34.5 Å². The van der Waals surface area contributed by atoms with Crippen LogP contribution in [0.2, 0.25) is 0 Å². The molecular weight excluding hydrogens is 489 g/mol. The van der Waals surface area contributed by atoms with E-state index in [0.717, 1.165) is 42.3 Å². The first-order valence-corrected chi connectivity index (χ1v) is 13.4. The minimum absolute atomic E-state index is 0.0500. The molecule has 1 aliphatic rings. The molecule has 0 spiro atoms. The van der Waals surface area contributed by atoms with Crippen LogP contribution in [0, 0.1) is 35.0 Å². The maximum atomic E-state index is 13.0. The maximum absolute atomic E-state index is 13.0. The van der Waals surface area contributed by atoms with E-state index in [0.29, 0.717) is 41.1 Å². The van der Waals surface area contributed by atoms with Crippen molar-refractivity contribution in [2.45, 2.75) is 72.7 Å². The molecule has 0 saturated carbocycles. The van der Waals surface area contributed by atoms with Gasteiger partial charge in [0.05, 0.1) is 18.2 Å². The number of hydrogen-bond acceptors (Lipinski definition) is 3. The lowest BCUT2D eigenvalue weighted by molar-refractivity contribution is -0.274. The van der Waals surface area contributed by atoms with Gasteiger partial charge in [-0.05, 0) is 73.3 Å². The third-order valence-corrected chi connectivity index (χ3v) is 8.07. The first-order valence-electron chi connectivity index (χ1n) is 13.4. The van der Waals surface area contributed by atoms with E-state index in [1.807, 2.05) is 26.0 Å². The van der Waals surface area contributed by atoms with E-state index < -0.39 is 6.36 Å². The molecule has 0 aliphatic heterocycles. The number of rotatable bonds is 9. The van der Waals surface area contributed by atoms with Crippen molar-refractivity contribution < 1.29 is 22.7 Å². The van der Waals surface area contributed by atoms with Gasteiger partial charge >= 0.3 is 6.36 Å². The van der Waals surface area contributed by atoms with Gasteiger partial charge < -0.3 is 9.30 Å². The van der Waals surface area contributed by atoms with Crippen molar-refractivity contribution in [3.05, 3.63) is 64.8 Å². The van der Waals surface area contributed by atoms with Gasteiger partial charge in [0.15, 0.2) is 0 Å². The first kappa shape index (κ1) is 27.8. The van der Waals surface area contributed by atoms with Crippen LogP contribution >= 0.6 is 0 Å². The molecule has 1 aromatic heterocycles. The number of ether oxygens (including phenoxy) is 1. The number of halogens is 3. The lowest BCUT2D eigenvalue weighted by atomic mass is 9.77. The molecule has 3 unspecified atom stereocenters. The Balaban J connectivity index is 1.64. The second-order valence-electron chi connectivity index (χ2n) is 11.1. The summed E-state index contributed by atoms with van der Waals surface area (Å²) >= 11 is 0. The topological polar surface area (TPSA) is 55.0 Å². The number of hydrogen-bond donors (Lipinski definition) is 0. The average molecular weight is 525 g/mol. The van der Waals surface area contributed by atoms with Crippen molar-refractivity contribution in [1.29, 1.82) is 5.26 Å². The number of fused-ring (bicyclic) bond motifs is 3. The molecule has 3 atom stereocenters. The summed E-state index contributed by atoms with van der Waals surface area (Å²) in [4.78, 5) is 12.3. The van der Waals surface area contributed by atoms with Crippen molar-refractivity contribution in [2.24, 2.45) is 23.7 Å². The fourth-order valence-corrected chi connectivity index (χ4v) is 5.71. The predicted molar refractivity (Wildman–Crippen MR) is 142 cm³/mol. The van der Waals surface area contributed by atoms with E-state index in [1.165, 1.54) is 17.7 Å². The van der Waals surface area contributed by atoms with E-state index in [9.17, 15) is 23.2 Å². The van der Waals surface area contributed by atoms with Crippen LogP contribution in [0.3, 0.4) is 0 Å². The van der Waals surface area contributed by atoms with Crippen LogP contribution < -0.4 is 4.74 Å². The van der Waals surface area contributed by atoms with Gasteiger partial charge in [0.1, 0.15) is 11.5 Å². The number of ketones is 1. The van der Waals surface area contributed by atoms with E-state index in [2.05, 4.69) is 29.2 Å². The number of nitrogens with zero attached hydrogens (tertiary/aromatic N) is 2. The summed E-state index contributed by atoms with van der Waals surface area (Å²) in [6.45, 7) is 8.52. The van der Waals surface area contributed by atoms with E-state index in [4.69, 9.17) is 0 Å². The molecule has 3 aromatic rings. The Morgan fingerprint density at radius 3 is 2.55 bits per heavy atom. The molecule has 202 valence electrons. The Morgan fingerprint density at radius 1 is 1.13 bits per heavy atom. The summed E-state index contributed by atoms with van der Waals surface area (Å²) in [6, 6.07) is 14.0. The number of carbonyl (C=O) groups is 1. The largest absolute Gasteiger partial charge is 0.573 e. The molecule has 1 aliphatic carbocycles. The van der Waals surface area contributed by atoms with Crippen molar-refractivity contribution >= 4 is 16.7 Å². The summed E-state index contributed by atoms with van der Waals surface area (Å²) in [5.74, 6) is 1.31. The summed E-state index contributed by atoms with van der Waals surface area (Å²) in [5, 5.41) is 10.5. The zero-order chi connectivity index (χ0) is 27.6. The standard InChI is InChI=1S/C31H35F3N2O2/c1-19(2)29(37)14-21(4)20(3)13-22-9-11-27-25(15-22)26-16-23(17-35)10-12-28(26)36(27)18-24-7-5-6-8-30(24)38-31(32,33)34/h5-8,10,12,16,19-22H,9,11,13-15,18H2,1-4H3. The number of benzene rings is 2. The maximum Gasteiger partial charge on any atom is 0.573 e. The Morgan fingerprint density at radius 2 is 1.87 bits per heavy atom. The number of alkyl halides is 3. The minimum atomic E-state index is -4.77. The number of para-hydroxylation sites is 1. The molecule has 4 nitrogen and oxygen atoms in total. The molecule has 0 saturated heterocycles. The van der Waals surface area contributed by atoms with Crippen molar-refractivity contribution in [1.82, 2.24) is 4.57 Å². The summed E-state index contributed by atoms with van der Waals surface area (Å²) < 4.78 is 45.5. The van der Waals surface area contributed by atoms with Gasteiger partial charge in [0.2, 0.25) is 0 Å². The molecule has 38 heavy (non-hydrogen) atoms. The molecule has 4 rings (SSSR count). The lowest BCUT2D eigenvalue weighted by Crippen LogP contribution is -2.23. The van der Waals surface area contributed by atoms with Crippen LogP contribution in [0.15, 0.2) is 42.5 Å². The van der Waals surface area contributed by atoms with Gasteiger partial charge in [-0.3, -0.25) is 4.79 Å². The summed E-state index contributed by atoms with van der Waals surface area (Å²) in [5.41, 5.74) is 4.23. The van der Waals surface area contributed by atoms with Gasteiger partial charge in [-0.2, -0.15) is 5.26 Å². The molecule has 0 bridgehead atoms. The molecule has 0 N–H and O–H groups in total. The Labute approximate surface area is 222 Å². The lowest BCUT2D eigenvalue weighted by Gasteiger charge is -2.29. The van der Waals surface area contributed by atoms with Crippen LogP contribution in [-0.2, 0) is 24.2 Å². The fourth-order valence-electron chi connectivity index (χ4n) is 5.71. The number of carbonyl (C=O) groups excluding carboxylic acids is 1. The highest BCUT2D eigenvalue weighted by Crippen LogP contribution is 2.39. The van der Waals surface area contributed by atoms with E-state index >= 15 is 0 Å². The van der Waals surface area contributed by atoms with Crippen LogP contribution in [0.4, 0.5) is 13.2 Å². The second-order valence-corrected chi connectivity index (χ2v) is 11.1. The molecular formula is C31H35F3N2O2. The van der Waals surface area contributed by atoms with E-state index in [1.54, 1.807) is 18.2 Å². The van der Waals surface area contributed by atoms with E-state index in [-0.39, 0.29) is 18.2 Å². The van der Waals surface area contributed by atoms with Crippen LogP contribution in [0.5, 0.6) is 5.75 Å². The van der Waals surface area contributed by atoms with Crippen LogP contribution in [0.25, 0.3) is 10.9 Å². The van der Waals surface area contributed by atoms with Crippen LogP contribution in [0.1, 0.15) is 69.3 Å². The SMILES string of the molecule is CC(C)C(=O)CC(C)C(C)CC1CCc2c(c3cc(C#N)ccc3n2Cc2ccccc2OC(F)(F)F)C1. The zero-order valence-electron chi connectivity index (χ0n) is 22.4. The monoisotopic (exact) mass is 524 g/mol. The van der Waals surface area contributed by atoms with Crippen LogP contribution in [-0.4, -0.2) is 16.7 Å². The molecule has 2 aromatic carbocycles. The highest BCUT2D eigenvalue weighted by molar-refractivity contribution is 5.87. The van der Waals surface area contributed by atoms with Gasteiger partial charge in [-0.1, -0.05) is 45.9 Å². The van der Waals surface area contributed by atoms with Gasteiger partial charge in [0.25, 0.3) is 0 Å². The Kier molecular flexibility index (Phi) is 8.20. The molecule has 0 radical (unpaired) electrons. The molecule has 0 fully saturated rings. The van der Waals surface area contributed by atoms with Crippen molar-refractivity contribution in [3.8, 4) is 11.8 Å². The van der Waals surface area contributed by atoms with Crippen molar-refractivity contribution in [2.75, 3.05) is 0 Å². The molecule has 0 amide bonds. The summed E-state index contributed by atoms with van der Waals surface area (Å²) in [7, 11) is 0. The number of nitriles is 1. The molecule has 1 heterocycles. The highest BCUT2D eigenvalue weighted by atomic mass is 19.4. The third-order valence-electron chi connectivity index (χ3n) is 8.07. The highest BCUT2D eigenvalue weighted by Gasteiger charge is 2.33. The fraction of sp³-hybridized carbons (Fsp3) is 0.484. The number of aromatic nitrogens is 1. The van der Waals surface area contributed by atoms with Gasteiger partial charge in [-0.15, -0.1) is 13.2 Å². The summed E-state index contributed by atoms with van der Waals surface area (Å²) in [6.07, 6.45) is -0.518. The predicted octanol–water partition coefficient (Wildman–Crippen LogP) is 7.84. The zero-order valence-corrected chi connectivity index (χ0v) is 22.4. The first-order chi connectivity index (χ1) is 18.0. The smallest absolute Gasteiger partial charge is 0.405 e. The molecule has 7 heteroatoms. The number of Topliss-reactive ketones (excluding diaryl/α,β-unsaturated/α-hetero) is 1. The Hall–Kier alpha value is -3.27. The van der Waals surface area contributed by atoms with Gasteiger partial charge in [-0.25, -0.2) is 0 Å². The average Bonchev–Trinajstić information content (AvgIpc) is 3.16. The quantitative estimate of drug-likeness (QED) is 0.286. The second kappa shape index (κ2) is 11.2. The normalized spacial score (nSPS) is 17.2. The van der Waals surface area contributed by atoms with Crippen molar-refractivity contribution in [3.63, 3.8) is 0 Å². The minimum Gasteiger partial charge on any atom is -0.405 e. The Bertz CT molecular complexity index is 1350. The third kappa shape index (κ3) is 6.23.